The summed E-state index contributed by atoms with van der Waals surface area (Å²) >= 11 is 3.59. The predicted molar refractivity (Wildman–Crippen MR) is 107 cm³/mol. The number of aromatic nitrogens is 3. The Kier molecular flexibility index (Phi) is 6.62. The molecule has 2 heterocycles. The van der Waals surface area contributed by atoms with Gasteiger partial charge in [-0.1, -0.05) is 6.08 Å². The molecular formula is C19H25BrN4O3. The van der Waals surface area contributed by atoms with E-state index < -0.39 is 5.97 Å². The Labute approximate surface area is 166 Å². The third-order valence-electron chi connectivity index (χ3n) is 4.87. The number of nitrogens with zero attached hydrogens (tertiary/aromatic N) is 3. The number of carbonyl (C=O) groups is 1. The highest BCUT2D eigenvalue weighted by Gasteiger charge is 2.28. The molecule has 2 atom stereocenters. The first-order chi connectivity index (χ1) is 13.0. The first kappa shape index (κ1) is 20.0. The largest absolute Gasteiger partial charge is 0.481 e. The number of ether oxygens (including phenoxy) is 1. The summed E-state index contributed by atoms with van der Waals surface area (Å²) in [6.07, 6.45) is 9.66. The first-order valence-electron chi connectivity index (χ1n) is 9.22. The lowest BCUT2D eigenvalue weighted by molar-refractivity contribution is -0.138. The Morgan fingerprint density at radius 3 is 3.00 bits per heavy atom. The van der Waals surface area contributed by atoms with Crippen LogP contribution in [0.3, 0.4) is 0 Å². The fourth-order valence-electron chi connectivity index (χ4n) is 3.52. The Morgan fingerprint density at radius 2 is 2.30 bits per heavy atom. The fourth-order valence-corrected chi connectivity index (χ4v) is 4.17. The average molecular weight is 437 g/mol. The zero-order valence-corrected chi connectivity index (χ0v) is 17.0. The van der Waals surface area contributed by atoms with E-state index in [4.69, 9.17) is 20.6 Å². The van der Waals surface area contributed by atoms with Gasteiger partial charge in [0.2, 0.25) is 0 Å². The Morgan fingerprint density at radius 1 is 1.48 bits per heavy atom. The number of nitrogens with two attached hydrogens (primary N) is 1. The first-order valence-corrected chi connectivity index (χ1v) is 10.0. The van der Waals surface area contributed by atoms with Crippen molar-refractivity contribution in [2.24, 2.45) is 5.73 Å². The molecule has 1 saturated carbocycles. The van der Waals surface area contributed by atoms with Crippen LogP contribution in [-0.4, -0.2) is 44.7 Å². The summed E-state index contributed by atoms with van der Waals surface area (Å²) in [6, 6.07) is 0.242. The van der Waals surface area contributed by atoms with Gasteiger partial charge in [0.25, 0.3) is 0 Å². The lowest BCUT2D eigenvalue weighted by Crippen LogP contribution is -2.15. The number of aliphatic carboxylic acids is 1. The molecule has 0 aromatic carbocycles. The molecule has 2 aromatic rings. The van der Waals surface area contributed by atoms with Crippen LogP contribution in [0.2, 0.25) is 0 Å². The van der Waals surface area contributed by atoms with E-state index in [0.29, 0.717) is 18.9 Å². The van der Waals surface area contributed by atoms with Crippen LogP contribution in [0.1, 0.15) is 55.2 Å². The van der Waals surface area contributed by atoms with Crippen molar-refractivity contribution in [2.75, 3.05) is 13.2 Å². The van der Waals surface area contributed by atoms with Crippen LogP contribution in [0.15, 0.2) is 16.9 Å². The summed E-state index contributed by atoms with van der Waals surface area (Å²) in [6.45, 7) is 2.71. The normalized spacial score (nSPS) is 20.1. The zero-order valence-electron chi connectivity index (χ0n) is 15.4. The molecule has 0 bridgehead atoms. The molecule has 0 spiro atoms. The highest BCUT2D eigenvalue weighted by Crippen LogP contribution is 2.36. The van der Waals surface area contributed by atoms with E-state index in [0.717, 1.165) is 46.6 Å². The van der Waals surface area contributed by atoms with Gasteiger partial charge in [-0.15, -0.1) is 0 Å². The molecule has 3 rings (SSSR count). The highest BCUT2D eigenvalue weighted by molar-refractivity contribution is 9.10. The van der Waals surface area contributed by atoms with E-state index >= 15 is 0 Å². The van der Waals surface area contributed by atoms with Crippen LogP contribution >= 0.6 is 15.9 Å². The maximum Gasteiger partial charge on any atom is 0.305 e. The monoisotopic (exact) mass is 436 g/mol. The van der Waals surface area contributed by atoms with E-state index in [9.17, 15) is 4.79 Å². The Balaban J connectivity index is 1.78. The molecule has 1 aliphatic rings. The molecule has 2 aromatic heterocycles. The lowest BCUT2D eigenvalue weighted by atomic mass is 10.1. The van der Waals surface area contributed by atoms with Crippen molar-refractivity contribution in [2.45, 2.75) is 51.0 Å². The van der Waals surface area contributed by atoms with E-state index in [-0.39, 0.29) is 19.1 Å². The molecular weight excluding hydrogens is 412 g/mol. The van der Waals surface area contributed by atoms with E-state index in [1.807, 2.05) is 25.3 Å². The van der Waals surface area contributed by atoms with Crippen molar-refractivity contribution in [3.05, 3.63) is 34.1 Å². The summed E-state index contributed by atoms with van der Waals surface area (Å²) in [5.74, 6) is 0.545. The van der Waals surface area contributed by atoms with Crippen LogP contribution < -0.4 is 5.73 Å². The second-order valence-electron chi connectivity index (χ2n) is 6.93. The maximum atomic E-state index is 10.5. The van der Waals surface area contributed by atoms with Crippen LogP contribution in [0.25, 0.3) is 11.6 Å². The smallest absolute Gasteiger partial charge is 0.305 e. The van der Waals surface area contributed by atoms with Crippen LogP contribution in [0.4, 0.5) is 0 Å². The van der Waals surface area contributed by atoms with Crippen molar-refractivity contribution in [3.63, 3.8) is 0 Å². The third kappa shape index (κ3) is 4.75. The zero-order chi connectivity index (χ0) is 19.4. The quantitative estimate of drug-likeness (QED) is 0.615. The molecule has 3 N–H and O–H groups in total. The van der Waals surface area contributed by atoms with Gasteiger partial charge in [0.1, 0.15) is 15.9 Å². The van der Waals surface area contributed by atoms with Crippen molar-refractivity contribution in [3.8, 4) is 0 Å². The SMILES string of the molecule is Cc1ncc(/C=C/CCOCCC(=O)O)n2c([C@@H]3CCC(N)C3)nc(Br)c12. The summed E-state index contributed by atoms with van der Waals surface area (Å²) in [5, 5.41) is 8.60. The van der Waals surface area contributed by atoms with Crippen molar-refractivity contribution >= 4 is 33.5 Å². The van der Waals surface area contributed by atoms with E-state index in [1.165, 1.54) is 0 Å². The van der Waals surface area contributed by atoms with Gasteiger partial charge in [-0.05, 0) is 54.6 Å². The number of hydrogen-bond acceptors (Lipinski definition) is 5. The minimum absolute atomic E-state index is 0.0299. The highest BCUT2D eigenvalue weighted by atomic mass is 79.9. The molecule has 0 aliphatic heterocycles. The Hall–Kier alpha value is -1.77. The van der Waals surface area contributed by atoms with Gasteiger partial charge in [-0.25, -0.2) is 4.98 Å². The summed E-state index contributed by atoms with van der Waals surface area (Å²) in [4.78, 5) is 19.8. The Bertz CT molecular complexity index is 849. The summed E-state index contributed by atoms with van der Waals surface area (Å²) < 4.78 is 8.31. The van der Waals surface area contributed by atoms with Gasteiger partial charge in [0.15, 0.2) is 0 Å². The van der Waals surface area contributed by atoms with Gasteiger partial charge in [-0.3, -0.25) is 14.2 Å². The molecule has 7 nitrogen and oxygen atoms in total. The van der Waals surface area contributed by atoms with Crippen LogP contribution in [-0.2, 0) is 9.53 Å². The molecule has 27 heavy (non-hydrogen) atoms. The average Bonchev–Trinajstić information content (AvgIpc) is 3.19. The minimum atomic E-state index is -0.844. The van der Waals surface area contributed by atoms with E-state index in [2.05, 4.69) is 25.3 Å². The minimum Gasteiger partial charge on any atom is -0.481 e. The van der Waals surface area contributed by atoms with Gasteiger partial charge < -0.3 is 15.6 Å². The lowest BCUT2D eigenvalue weighted by Gasteiger charge is -2.12. The molecule has 0 amide bonds. The third-order valence-corrected chi connectivity index (χ3v) is 5.42. The number of hydrogen-bond donors (Lipinski definition) is 2. The van der Waals surface area contributed by atoms with Crippen molar-refractivity contribution < 1.29 is 14.6 Å². The van der Waals surface area contributed by atoms with Gasteiger partial charge in [0.05, 0.1) is 37.2 Å². The maximum absolute atomic E-state index is 10.5. The topological polar surface area (TPSA) is 103 Å². The van der Waals surface area contributed by atoms with Crippen molar-refractivity contribution in [1.82, 2.24) is 14.4 Å². The number of rotatable bonds is 8. The summed E-state index contributed by atoms with van der Waals surface area (Å²) in [7, 11) is 0. The van der Waals surface area contributed by atoms with E-state index in [1.54, 1.807) is 0 Å². The molecule has 1 aliphatic carbocycles. The molecule has 1 fully saturated rings. The molecule has 1 unspecified atom stereocenters. The number of carboxylic acids is 1. The van der Waals surface area contributed by atoms with Crippen molar-refractivity contribution in [1.29, 1.82) is 0 Å². The number of fused-ring (bicyclic) bond motifs is 1. The van der Waals surface area contributed by atoms with Gasteiger partial charge in [-0.2, -0.15) is 0 Å². The van der Waals surface area contributed by atoms with Gasteiger partial charge in [0, 0.05) is 12.0 Å². The fraction of sp³-hybridized carbons (Fsp3) is 0.526. The standard InChI is InChI=1S/C19H25BrN4O3/c1-12-17-18(20)23-19(13-5-6-14(21)10-13)24(17)15(11-22-12)4-2-3-8-27-9-7-16(25)26/h2,4,11,13-14H,3,5-10,21H2,1H3,(H,25,26)/b4-2+/t13-,14?/m1/s1. The molecule has 8 heteroatoms. The number of aryl methyl sites for hydroxylation is 1. The molecule has 0 saturated heterocycles. The molecule has 146 valence electrons. The second kappa shape index (κ2) is 8.95. The summed E-state index contributed by atoms with van der Waals surface area (Å²) in [5.41, 5.74) is 9.00. The second-order valence-corrected chi connectivity index (χ2v) is 7.68. The van der Waals surface area contributed by atoms with Gasteiger partial charge >= 0.3 is 5.97 Å². The van der Waals surface area contributed by atoms with Crippen LogP contribution in [0.5, 0.6) is 0 Å². The molecule has 0 radical (unpaired) electrons. The predicted octanol–water partition coefficient (Wildman–Crippen LogP) is 3.29. The number of carboxylic acid groups (broad SMARTS) is 1. The number of imidazole rings is 1. The van der Waals surface area contributed by atoms with Crippen LogP contribution in [0, 0.1) is 6.92 Å². The number of halogens is 1.